The first kappa shape index (κ1) is 20.2. The van der Waals surface area contributed by atoms with Gasteiger partial charge in [0.2, 0.25) is 0 Å². The summed E-state index contributed by atoms with van der Waals surface area (Å²) in [5.74, 6) is 1.64. The predicted molar refractivity (Wildman–Crippen MR) is 115 cm³/mol. The minimum absolute atomic E-state index is 0.0210. The molecule has 0 saturated carbocycles. The third-order valence-electron chi connectivity index (χ3n) is 5.82. The summed E-state index contributed by atoms with van der Waals surface area (Å²) in [5.41, 5.74) is 7.11. The lowest BCUT2D eigenvalue weighted by Gasteiger charge is -2.22. The third kappa shape index (κ3) is 4.92. The van der Waals surface area contributed by atoms with Crippen molar-refractivity contribution in [2.45, 2.75) is 39.3 Å². The standard InChI is InChI=1S/C23H28ClN3O2/c1-16-12-21(29-11-8-17-6-9-25-10-7-17)13-19-15-27(23(28)22(16)19)26-14-18-2-4-20(24)5-3-18/h2-5,12-13,17,25-26H,6-11,14-15H2,1H3. The molecule has 0 radical (unpaired) electrons. The molecular formula is C23H28ClN3O2. The molecule has 154 valence electrons. The Morgan fingerprint density at radius 3 is 2.72 bits per heavy atom. The number of amides is 1. The molecule has 0 aromatic heterocycles. The Hall–Kier alpha value is -2.08. The summed E-state index contributed by atoms with van der Waals surface area (Å²) in [6.07, 6.45) is 3.55. The molecule has 0 unspecified atom stereocenters. The first-order valence-electron chi connectivity index (χ1n) is 10.4. The van der Waals surface area contributed by atoms with Crippen molar-refractivity contribution in [3.05, 3.63) is 63.7 Å². The second-order valence-corrected chi connectivity index (χ2v) is 8.39. The van der Waals surface area contributed by atoms with Crippen molar-refractivity contribution in [1.82, 2.24) is 15.8 Å². The number of aryl methyl sites for hydroxylation is 1. The van der Waals surface area contributed by atoms with Crippen molar-refractivity contribution in [3.8, 4) is 5.75 Å². The number of hydrogen-bond acceptors (Lipinski definition) is 4. The summed E-state index contributed by atoms with van der Waals surface area (Å²) in [5, 5.41) is 5.80. The number of ether oxygens (including phenoxy) is 1. The van der Waals surface area contributed by atoms with Crippen LogP contribution in [0.25, 0.3) is 0 Å². The third-order valence-corrected chi connectivity index (χ3v) is 6.07. The molecule has 4 rings (SSSR count). The molecule has 1 fully saturated rings. The summed E-state index contributed by atoms with van der Waals surface area (Å²) in [6, 6.07) is 11.6. The number of hydrogen-bond donors (Lipinski definition) is 2. The Kier molecular flexibility index (Phi) is 6.38. The average Bonchev–Trinajstić information content (AvgIpc) is 3.04. The van der Waals surface area contributed by atoms with Gasteiger partial charge >= 0.3 is 0 Å². The zero-order valence-electron chi connectivity index (χ0n) is 16.8. The van der Waals surface area contributed by atoms with Crippen LogP contribution in [0.5, 0.6) is 5.75 Å². The Bertz CT molecular complexity index is 863. The monoisotopic (exact) mass is 413 g/mol. The van der Waals surface area contributed by atoms with E-state index < -0.39 is 0 Å². The molecule has 2 aliphatic heterocycles. The fourth-order valence-electron chi connectivity index (χ4n) is 4.15. The molecule has 29 heavy (non-hydrogen) atoms. The number of nitrogens with one attached hydrogen (secondary N) is 2. The van der Waals surface area contributed by atoms with Crippen LogP contribution in [-0.4, -0.2) is 30.6 Å². The maximum Gasteiger partial charge on any atom is 0.268 e. The van der Waals surface area contributed by atoms with Gasteiger partial charge in [-0.2, -0.15) is 0 Å². The number of fused-ring (bicyclic) bond motifs is 1. The molecule has 2 aromatic rings. The lowest BCUT2D eigenvalue weighted by Crippen LogP contribution is -2.37. The lowest BCUT2D eigenvalue weighted by atomic mass is 9.95. The normalized spacial score (nSPS) is 16.9. The van der Waals surface area contributed by atoms with Crippen LogP contribution < -0.4 is 15.5 Å². The Morgan fingerprint density at radius 2 is 1.97 bits per heavy atom. The summed E-state index contributed by atoms with van der Waals surface area (Å²) < 4.78 is 6.04. The summed E-state index contributed by atoms with van der Waals surface area (Å²) in [4.78, 5) is 12.8. The van der Waals surface area contributed by atoms with E-state index in [9.17, 15) is 4.79 Å². The predicted octanol–water partition coefficient (Wildman–Crippen LogP) is 4.08. The van der Waals surface area contributed by atoms with E-state index in [2.05, 4.69) is 10.7 Å². The van der Waals surface area contributed by atoms with E-state index in [1.807, 2.05) is 43.3 Å². The van der Waals surface area contributed by atoms with Crippen molar-refractivity contribution >= 4 is 17.5 Å². The summed E-state index contributed by atoms with van der Waals surface area (Å²) in [7, 11) is 0. The molecule has 1 amide bonds. The average molecular weight is 414 g/mol. The summed E-state index contributed by atoms with van der Waals surface area (Å²) >= 11 is 5.94. The highest BCUT2D eigenvalue weighted by Gasteiger charge is 2.29. The van der Waals surface area contributed by atoms with Gasteiger partial charge in [-0.1, -0.05) is 23.7 Å². The zero-order valence-corrected chi connectivity index (χ0v) is 17.6. The van der Waals surface area contributed by atoms with Gasteiger partial charge in [-0.05, 0) is 86.1 Å². The van der Waals surface area contributed by atoms with Crippen molar-refractivity contribution in [2.24, 2.45) is 5.92 Å². The van der Waals surface area contributed by atoms with Crippen molar-refractivity contribution in [2.75, 3.05) is 19.7 Å². The fourth-order valence-corrected chi connectivity index (χ4v) is 4.27. The van der Waals surface area contributed by atoms with E-state index in [1.54, 1.807) is 5.01 Å². The van der Waals surface area contributed by atoms with Gasteiger partial charge in [-0.3, -0.25) is 9.80 Å². The first-order chi connectivity index (χ1) is 14.1. The van der Waals surface area contributed by atoms with Crippen LogP contribution in [0.3, 0.4) is 0 Å². The minimum Gasteiger partial charge on any atom is -0.494 e. The maximum atomic E-state index is 12.8. The first-order valence-corrected chi connectivity index (χ1v) is 10.7. The van der Waals surface area contributed by atoms with Crippen LogP contribution in [0.4, 0.5) is 0 Å². The van der Waals surface area contributed by atoms with Gasteiger partial charge in [-0.15, -0.1) is 0 Å². The number of nitrogens with zero attached hydrogens (tertiary/aromatic N) is 1. The Labute approximate surface area is 177 Å². The molecule has 2 aromatic carbocycles. The topological polar surface area (TPSA) is 53.6 Å². The molecule has 0 aliphatic carbocycles. The second kappa shape index (κ2) is 9.16. The smallest absolute Gasteiger partial charge is 0.268 e. The van der Waals surface area contributed by atoms with Crippen LogP contribution in [0.2, 0.25) is 5.02 Å². The Balaban J connectivity index is 1.35. The number of piperidine rings is 1. The van der Waals surface area contributed by atoms with Crippen molar-refractivity contribution < 1.29 is 9.53 Å². The van der Waals surface area contributed by atoms with Gasteiger partial charge in [0, 0.05) is 17.1 Å². The van der Waals surface area contributed by atoms with Crippen LogP contribution in [0.1, 0.15) is 46.3 Å². The van der Waals surface area contributed by atoms with E-state index in [4.69, 9.17) is 16.3 Å². The van der Waals surface area contributed by atoms with Gasteiger partial charge in [0.05, 0.1) is 13.2 Å². The largest absolute Gasteiger partial charge is 0.494 e. The number of rotatable bonds is 7. The van der Waals surface area contributed by atoms with Crippen molar-refractivity contribution in [1.29, 1.82) is 0 Å². The quantitative estimate of drug-likeness (QED) is 0.718. The van der Waals surface area contributed by atoms with Crippen LogP contribution >= 0.6 is 11.6 Å². The molecule has 0 spiro atoms. The molecule has 5 nitrogen and oxygen atoms in total. The van der Waals surface area contributed by atoms with Gasteiger partial charge < -0.3 is 10.1 Å². The lowest BCUT2D eigenvalue weighted by molar-refractivity contribution is 0.0678. The van der Waals surface area contributed by atoms with Crippen molar-refractivity contribution in [3.63, 3.8) is 0 Å². The SMILES string of the molecule is Cc1cc(OCCC2CCNCC2)cc2c1C(=O)N(NCc1ccc(Cl)cc1)C2. The van der Waals surface area contributed by atoms with Gasteiger partial charge in [-0.25, -0.2) is 5.43 Å². The molecule has 0 bridgehead atoms. The van der Waals surface area contributed by atoms with E-state index in [0.29, 0.717) is 18.1 Å². The van der Waals surface area contributed by atoms with Gasteiger partial charge in [0.25, 0.3) is 5.91 Å². The molecule has 6 heteroatoms. The maximum absolute atomic E-state index is 12.8. The molecule has 2 heterocycles. The number of halogens is 1. The number of carbonyl (C=O) groups excluding carboxylic acids is 1. The van der Waals surface area contributed by atoms with Gasteiger partial charge in [0.1, 0.15) is 5.75 Å². The highest BCUT2D eigenvalue weighted by atomic mass is 35.5. The van der Waals surface area contributed by atoms with Crippen LogP contribution in [0, 0.1) is 12.8 Å². The summed E-state index contributed by atoms with van der Waals surface area (Å²) in [6.45, 7) is 6.07. The van der Waals surface area contributed by atoms with Gasteiger partial charge in [0.15, 0.2) is 0 Å². The number of hydrazine groups is 1. The zero-order chi connectivity index (χ0) is 20.2. The van der Waals surface area contributed by atoms with Crippen LogP contribution in [0.15, 0.2) is 36.4 Å². The fraction of sp³-hybridized carbons (Fsp3) is 0.435. The molecular weight excluding hydrogens is 386 g/mol. The number of carbonyl (C=O) groups is 1. The highest BCUT2D eigenvalue weighted by molar-refractivity contribution is 6.30. The molecule has 2 aliphatic rings. The molecule has 2 N–H and O–H groups in total. The highest BCUT2D eigenvalue weighted by Crippen LogP contribution is 2.30. The molecule has 1 saturated heterocycles. The van der Waals surface area contributed by atoms with E-state index in [0.717, 1.165) is 60.0 Å². The van der Waals surface area contributed by atoms with E-state index in [1.165, 1.54) is 12.8 Å². The minimum atomic E-state index is 0.0210. The Morgan fingerprint density at radius 1 is 1.21 bits per heavy atom. The van der Waals surface area contributed by atoms with Crippen LogP contribution in [-0.2, 0) is 13.1 Å². The van der Waals surface area contributed by atoms with E-state index in [-0.39, 0.29) is 5.91 Å². The van der Waals surface area contributed by atoms with E-state index >= 15 is 0 Å². The number of benzene rings is 2. The second-order valence-electron chi connectivity index (χ2n) is 7.96. The molecule has 0 atom stereocenters.